The highest BCUT2D eigenvalue weighted by atomic mass is 31.3. The summed E-state index contributed by atoms with van der Waals surface area (Å²) in [6, 6.07) is 0. The van der Waals surface area contributed by atoms with Crippen LogP contribution in [0.4, 0.5) is 10.2 Å². The van der Waals surface area contributed by atoms with Gasteiger partial charge in [0.05, 0.1) is 6.33 Å². The molecule has 1 saturated heterocycles. The smallest absolute Gasteiger partial charge is 0.387 e. The molecule has 0 saturated carbocycles. The van der Waals surface area contributed by atoms with Crippen molar-refractivity contribution in [3.63, 3.8) is 0 Å². The van der Waals surface area contributed by atoms with E-state index < -0.39 is 47.8 Å². The molecule has 1 aliphatic heterocycles. The number of aliphatic hydroxyl groups is 1. The number of ether oxygens (including phenoxy) is 1. The average molecular weight is 505 g/mol. The van der Waals surface area contributed by atoms with Gasteiger partial charge in [0.1, 0.15) is 24.1 Å². The number of nitrogens with zero attached hydrogens (tertiary/aromatic N) is 4. The van der Waals surface area contributed by atoms with Crippen LogP contribution >= 0.6 is 23.2 Å². The number of nitrogen functional groups attached to an aromatic ring is 1. The average Bonchev–Trinajstić information content (AvgIpc) is 3.13. The molecule has 2 unspecified atom stereocenters. The van der Waals surface area contributed by atoms with Crippen molar-refractivity contribution >= 4 is 40.2 Å². The lowest BCUT2D eigenvalue weighted by Gasteiger charge is -2.15. The first-order valence-electron chi connectivity index (χ1n) is 7.92. The van der Waals surface area contributed by atoms with Gasteiger partial charge in [-0.25, -0.2) is 32.8 Å². The van der Waals surface area contributed by atoms with Crippen LogP contribution in [0.3, 0.4) is 0 Å². The van der Waals surface area contributed by atoms with Crippen molar-refractivity contribution in [1.29, 1.82) is 0 Å². The van der Waals surface area contributed by atoms with Gasteiger partial charge in [-0.05, 0) is 6.08 Å². The van der Waals surface area contributed by atoms with E-state index in [0.717, 1.165) is 17.2 Å². The molecule has 0 aliphatic carbocycles. The molecule has 31 heavy (non-hydrogen) atoms. The molecule has 0 aromatic carbocycles. The van der Waals surface area contributed by atoms with E-state index in [1.807, 2.05) is 0 Å². The second kappa shape index (κ2) is 8.39. The maximum Gasteiger partial charge on any atom is 0.488 e. The zero-order chi connectivity index (χ0) is 23.2. The van der Waals surface area contributed by atoms with Gasteiger partial charge in [-0.15, -0.1) is 0 Å². The number of alkyl halides is 1. The molecule has 0 radical (unpaired) electrons. The Labute approximate surface area is 171 Å². The number of hydrogen-bond acceptors (Lipinski definition) is 11. The lowest BCUT2D eigenvalue weighted by Crippen LogP contribution is -2.27. The molecule has 20 heteroatoms. The van der Waals surface area contributed by atoms with Gasteiger partial charge in [0.25, 0.3) is 0 Å². The number of rotatable bonds is 7. The first-order valence-corrected chi connectivity index (χ1v) is 12.6. The number of fused-ring (bicyclic) bond motifs is 1. The monoisotopic (exact) mass is 505 g/mol. The molecule has 1 aliphatic rings. The highest BCUT2D eigenvalue weighted by Gasteiger charge is 2.45. The van der Waals surface area contributed by atoms with E-state index in [4.69, 9.17) is 25.2 Å². The number of phosphoric acid groups is 2. The van der Waals surface area contributed by atoms with Crippen LogP contribution in [-0.4, -0.2) is 62.6 Å². The maximum atomic E-state index is 14.6. The van der Waals surface area contributed by atoms with Gasteiger partial charge in [0.15, 0.2) is 23.9 Å². The Bertz CT molecular complexity index is 1150. The fourth-order valence-corrected chi connectivity index (χ4v) is 5.87. The lowest BCUT2D eigenvalue weighted by molar-refractivity contribution is -0.00168. The van der Waals surface area contributed by atoms with Crippen LogP contribution < -0.4 is 5.73 Å². The molecule has 1 fully saturated rings. The van der Waals surface area contributed by atoms with Crippen molar-refractivity contribution in [3.8, 4) is 0 Å². The minimum atomic E-state index is -5.65. The van der Waals surface area contributed by atoms with Gasteiger partial charge in [-0.3, -0.25) is 9.13 Å². The van der Waals surface area contributed by atoms with Gasteiger partial charge in [-0.2, -0.15) is 4.31 Å². The van der Waals surface area contributed by atoms with E-state index in [0.29, 0.717) is 6.08 Å². The van der Waals surface area contributed by atoms with Crippen molar-refractivity contribution in [3.05, 3.63) is 24.5 Å². The summed E-state index contributed by atoms with van der Waals surface area (Å²) in [5.74, 6) is 0.270. The molecule has 3 rings (SSSR count). The zero-order valence-corrected chi connectivity index (χ0v) is 17.6. The number of imidazole rings is 1. The Balaban J connectivity index is 1.77. The van der Waals surface area contributed by atoms with E-state index in [1.165, 1.54) is 0 Å². The van der Waals surface area contributed by atoms with Crippen molar-refractivity contribution in [2.24, 2.45) is 0 Å². The maximum absolute atomic E-state index is 14.6. The fraction of sp³-hybridized carbons (Fsp3) is 0.364. The highest BCUT2D eigenvalue weighted by molar-refractivity contribution is 7.69. The third kappa shape index (κ3) is 5.61. The summed E-state index contributed by atoms with van der Waals surface area (Å²) in [4.78, 5) is 47.3. The summed E-state index contributed by atoms with van der Waals surface area (Å²) < 4.78 is 62.2. The quantitative estimate of drug-likeness (QED) is 0.269. The predicted octanol–water partition coefficient (Wildman–Crippen LogP) is -0.0697. The summed E-state index contributed by atoms with van der Waals surface area (Å²) in [5, 5.41) is 10.0. The lowest BCUT2D eigenvalue weighted by atomic mass is 10.1. The molecule has 3 heterocycles. The van der Waals surface area contributed by atoms with Crippen LogP contribution in [0.15, 0.2) is 24.5 Å². The molecule has 2 aromatic rings. The molecule has 0 bridgehead atoms. The molecule has 0 amide bonds. The highest BCUT2D eigenvalue weighted by Crippen LogP contribution is 2.66. The molecule has 16 nitrogen and oxygen atoms in total. The molecule has 6 atom stereocenters. The second-order valence-electron chi connectivity index (χ2n) is 6.04. The third-order valence-corrected chi connectivity index (χ3v) is 7.77. The van der Waals surface area contributed by atoms with Crippen LogP contribution in [-0.2, 0) is 27.1 Å². The second-order valence-corrected chi connectivity index (χ2v) is 10.7. The van der Waals surface area contributed by atoms with Gasteiger partial charge in [0.2, 0.25) is 0 Å². The molecule has 2 aromatic heterocycles. The van der Waals surface area contributed by atoms with Crippen molar-refractivity contribution in [2.45, 2.75) is 24.6 Å². The van der Waals surface area contributed by atoms with Crippen LogP contribution in [0.25, 0.3) is 11.2 Å². The van der Waals surface area contributed by atoms with Gasteiger partial charge < -0.3 is 35.2 Å². The van der Waals surface area contributed by atoms with Crippen LogP contribution in [0, 0.1) is 0 Å². The fourth-order valence-electron chi connectivity index (χ4n) is 2.62. The Morgan fingerprint density at radius 2 is 1.84 bits per heavy atom. The molecule has 172 valence electrons. The number of hydrogen-bond donors (Lipinski definition) is 6. The summed E-state index contributed by atoms with van der Waals surface area (Å²) in [6.07, 6.45) is -4.05. The Morgan fingerprint density at radius 3 is 2.48 bits per heavy atom. The normalized spacial score (nSPS) is 28.7. The number of aromatic nitrogens is 4. The van der Waals surface area contributed by atoms with E-state index >= 15 is 0 Å². The minimum Gasteiger partial charge on any atom is -0.387 e. The van der Waals surface area contributed by atoms with Crippen molar-refractivity contribution < 1.29 is 56.1 Å². The van der Waals surface area contributed by atoms with Gasteiger partial charge in [-0.1, -0.05) is 0 Å². The van der Waals surface area contributed by atoms with E-state index in [-0.39, 0.29) is 22.8 Å². The van der Waals surface area contributed by atoms with Crippen LogP contribution in [0.2, 0.25) is 0 Å². The Morgan fingerprint density at radius 1 is 1.16 bits per heavy atom. The molecular weight excluding hydrogens is 490 g/mol. The first kappa shape index (κ1) is 24.0. The number of halogens is 1. The summed E-state index contributed by atoms with van der Waals surface area (Å²) in [7, 11) is -16.3. The Kier molecular flexibility index (Phi) is 6.50. The summed E-state index contributed by atoms with van der Waals surface area (Å²) >= 11 is 0. The number of anilines is 1. The summed E-state index contributed by atoms with van der Waals surface area (Å²) in [5.41, 5.74) is 5.87. The molecule has 7 N–H and O–H groups in total. The molecule has 0 spiro atoms. The standard InChI is InChI=1S/C11H15FN5O11P3/c12-6-8(18)5(1-2-29(19,20)27-31(24,25)28-30(21,22)23)26-11(6)17-4-16-7-9(13)14-3-15-10(7)17/h1-6,8,11,18H,(H,19,20)(H,24,25)(H2,13,14,15)(H2,21,22,23)/b2-1+/t5-,6+,8-,11-/m1/s1. The van der Waals surface area contributed by atoms with Gasteiger partial charge in [0, 0.05) is 5.82 Å². The third-order valence-electron chi connectivity index (χ3n) is 3.79. The van der Waals surface area contributed by atoms with E-state index in [1.54, 1.807) is 0 Å². The minimum absolute atomic E-state index is 0.0125. The van der Waals surface area contributed by atoms with Crippen LogP contribution in [0.5, 0.6) is 0 Å². The van der Waals surface area contributed by atoms with E-state index in [9.17, 15) is 28.1 Å². The first-order chi connectivity index (χ1) is 14.2. The zero-order valence-electron chi connectivity index (χ0n) is 14.9. The Hall–Kier alpha value is -1.61. The van der Waals surface area contributed by atoms with Crippen molar-refractivity contribution in [2.75, 3.05) is 5.73 Å². The SMILES string of the molecule is Nc1ncnc2c1ncn2[C@@H]1O[C@H](/C=C/P(=O)(O)OP(=O)(O)OP(=O)(O)O)[C@@H](O)[C@@H]1F. The predicted molar refractivity (Wildman–Crippen MR) is 97.6 cm³/mol. The van der Waals surface area contributed by atoms with E-state index in [2.05, 4.69) is 23.6 Å². The number of nitrogens with two attached hydrogens (primary N) is 1. The summed E-state index contributed by atoms with van der Waals surface area (Å²) in [6.45, 7) is 0. The largest absolute Gasteiger partial charge is 0.488 e. The molecular formula is C11H15FN5O11P3. The topological polar surface area (TPSA) is 250 Å². The van der Waals surface area contributed by atoms with Crippen molar-refractivity contribution in [1.82, 2.24) is 19.5 Å². The number of aliphatic hydroxyl groups excluding tert-OH is 1. The van der Waals surface area contributed by atoms with Gasteiger partial charge >= 0.3 is 23.2 Å². The van der Waals surface area contributed by atoms with Crippen LogP contribution in [0.1, 0.15) is 6.23 Å².